The summed E-state index contributed by atoms with van der Waals surface area (Å²) in [5, 5.41) is 5.63. The lowest BCUT2D eigenvalue weighted by Gasteiger charge is -2.20. The molecule has 1 atom stereocenters. The summed E-state index contributed by atoms with van der Waals surface area (Å²) < 4.78 is 0. The van der Waals surface area contributed by atoms with E-state index in [0.717, 1.165) is 5.82 Å². The van der Waals surface area contributed by atoms with Crippen molar-refractivity contribution < 1.29 is 4.79 Å². The monoisotopic (exact) mass is 259 g/mol. The Labute approximate surface area is 111 Å². The van der Waals surface area contributed by atoms with Crippen LogP contribution in [-0.2, 0) is 0 Å². The van der Waals surface area contributed by atoms with Gasteiger partial charge in [0.15, 0.2) is 0 Å². The number of H-pyrrole nitrogens is 1. The Morgan fingerprint density at radius 1 is 1.37 bits per heavy atom. The molecule has 100 valence electrons. The molecule has 0 saturated carbocycles. The molecule has 2 aromatic heterocycles. The third-order valence-corrected chi connectivity index (χ3v) is 2.69. The summed E-state index contributed by atoms with van der Waals surface area (Å²) >= 11 is 0. The second-order valence-corrected chi connectivity index (χ2v) is 4.54. The van der Waals surface area contributed by atoms with E-state index in [1.807, 2.05) is 13.8 Å². The molecule has 0 unspecified atom stereocenters. The van der Waals surface area contributed by atoms with Crippen LogP contribution in [0.5, 0.6) is 0 Å². The predicted octanol–water partition coefficient (Wildman–Crippen LogP) is 2.32. The molecule has 0 saturated heterocycles. The highest BCUT2D eigenvalue weighted by Gasteiger charge is 2.20. The van der Waals surface area contributed by atoms with Crippen molar-refractivity contribution in [3.05, 3.63) is 42.7 Å². The fraction of sp³-hybridized carbons (Fsp3) is 0.308. The number of amides is 2. The van der Waals surface area contributed by atoms with E-state index in [4.69, 9.17) is 0 Å². The Hall–Kier alpha value is -2.37. The summed E-state index contributed by atoms with van der Waals surface area (Å²) in [4.78, 5) is 23.1. The Kier molecular flexibility index (Phi) is 4.12. The van der Waals surface area contributed by atoms with Gasteiger partial charge in [-0.05, 0) is 18.1 Å². The lowest BCUT2D eigenvalue weighted by molar-refractivity contribution is 0.244. The molecule has 2 amide bonds. The molecule has 0 aliphatic rings. The minimum absolute atomic E-state index is 0.160. The number of carbonyl (C=O) groups excluding carboxylic acids is 1. The van der Waals surface area contributed by atoms with Crippen molar-refractivity contribution in [2.75, 3.05) is 5.32 Å². The van der Waals surface area contributed by atoms with Gasteiger partial charge in [0.1, 0.15) is 5.82 Å². The number of pyridine rings is 1. The van der Waals surface area contributed by atoms with E-state index in [1.54, 1.807) is 36.9 Å². The zero-order valence-electron chi connectivity index (χ0n) is 10.9. The fourth-order valence-corrected chi connectivity index (χ4v) is 1.74. The summed E-state index contributed by atoms with van der Waals surface area (Å²) in [5.74, 6) is 0.974. The van der Waals surface area contributed by atoms with E-state index in [1.165, 1.54) is 0 Å². The average Bonchev–Trinajstić information content (AvgIpc) is 2.90. The second-order valence-electron chi connectivity index (χ2n) is 4.54. The number of nitrogens with one attached hydrogen (secondary N) is 3. The van der Waals surface area contributed by atoms with Crippen molar-refractivity contribution in [1.29, 1.82) is 0 Å². The van der Waals surface area contributed by atoms with Crippen LogP contribution >= 0.6 is 0 Å². The molecule has 0 aliphatic heterocycles. The second kappa shape index (κ2) is 5.99. The highest BCUT2D eigenvalue weighted by molar-refractivity contribution is 5.89. The van der Waals surface area contributed by atoms with Gasteiger partial charge in [0, 0.05) is 18.6 Å². The van der Waals surface area contributed by atoms with Crippen molar-refractivity contribution >= 4 is 11.7 Å². The molecule has 19 heavy (non-hydrogen) atoms. The molecular weight excluding hydrogens is 242 g/mol. The molecule has 0 aliphatic carbocycles. The van der Waals surface area contributed by atoms with Crippen LogP contribution in [0.4, 0.5) is 10.5 Å². The van der Waals surface area contributed by atoms with Gasteiger partial charge >= 0.3 is 6.03 Å². The van der Waals surface area contributed by atoms with Crippen LogP contribution in [0.1, 0.15) is 25.7 Å². The lowest BCUT2D eigenvalue weighted by Crippen LogP contribution is -2.35. The van der Waals surface area contributed by atoms with Crippen molar-refractivity contribution in [3.8, 4) is 0 Å². The largest absolute Gasteiger partial charge is 0.347 e. The van der Waals surface area contributed by atoms with Gasteiger partial charge in [0.05, 0.1) is 17.9 Å². The van der Waals surface area contributed by atoms with Gasteiger partial charge in [-0.3, -0.25) is 4.98 Å². The Bertz CT molecular complexity index is 509. The number of anilines is 1. The fourth-order valence-electron chi connectivity index (χ4n) is 1.74. The molecule has 0 aromatic carbocycles. The van der Waals surface area contributed by atoms with Crippen LogP contribution < -0.4 is 10.6 Å². The number of urea groups is 1. The zero-order valence-corrected chi connectivity index (χ0v) is 10.9. The topological polar surface area (TPSA) is 82.7 Å². The van der Waals surface area contributed by atoms with Gasteiger partial charge in [0.25, 0.3) is 0 Å². The SMILES string of the molecule is CC(C)[C@@H](NC(=O)Nc1cccnc1)c1ncc[nH]1. The van der Waals surface area contributed by atoms with Crippen LogP contribution in [0.15, 0.2) is 36.9 Å². The number of hydrogen-bond acceptors (Lipinski definition) is 3. The van der Waals surface area contributed by atoms with Gasteiger partial charge < -0.3 is 15.6 Å². The number of hydrogen-bond donors (Lipinski definition) is 3. The van der Waals surface area contributed by atoms with E-state index in [2.05, 4.69) is 25.6 Å². The summed E-state index contributed by atoms with van der Waals surface area (Å²) in [5.41, 5.74) is 0.655. The molecule has 0 radical (unpaired) electrons. The first-order valence-electron chi connectivity index (χ1n) is 6.13. The molecule has 6 nitrogen and oxygen atoms in total. The molecular formula is C13H17N5O. The maximum absolute atomic E-state index is 11.9. The highest BCUT2D eigenvalue weighted by Crippen LogP contribution is 2.18. The lowest BCUT2D eigenvalue weighted by atomic mass is 10.0. The molecule has 6 heteroatoms. The first-order valence-corrected chi connectivity index (χ1v) is 6.13. The smallest absolute Gasteiger partial charge is 0.319 e. The van der Waals surface area contributed by atoms with Crippen molar-refractivity contribution in [3.63, 3.8) is 0 Å². The number of imidazole rings is 1. The third-order valence-electron chi connectivity index (χ3n) is 2.69. The first kappa shape index (κ1) is 13.1. The van der Waals surface area contributed by atoms with Crippen LogP contribution in [0.2, 0.25) is 0 Å². The summed E-state index contributed by atoms with van der Waals surface area (Å²) in [7, 11) is 0. The van der Waals surface area contributed by atoms with E-state index in [0.29, 0.717) is 5.69 Å². The number of aromatic nitrogens is 3. The van der Waals surface area contributed by atoms with E-state index >= 15 is 0 Å². The van der Waals surface area contributed by atoms with E-state index in [9.17, 15) is 4.79 Å². The van der Waals surface area contributed by atoms with Crippen molar-refractivity contribution in [2.45, 2.75) is 19.9 Å². The number of rotatable bonds is 4. The highest BCUT2D eigenvalue weighted by atomic mass is 16.2. The average molecular weight is 259 g/mol. The number of nitrogens with zero attached hydrogens (tertiary/aromatic N) is 2. The Morgan fingerprint density at radius 2 is 2.21 bits per heavy atom. The quantitative estimate of drug-likeness (QED) is 0.788. The number of aromatic amines is 1. The van der Waals surface area contributed by atoms with Crippen molar-refractivity contribution in [1.82, 2.24) is 20.3 Å². The maximum atomic E-state index is 11.9. The minimum atomic E-state index is -0.275. The van der Waals surface area contributed by atoms with Gasteiger partial charge in [0.2, 0.25) is 0 Å². The molecule has 2 heterocycles. The van der Waals surface area contributed by atoms with Crippen LogP contribution in [0.3, 0.4) is 0 Å². The summed E-state index contributed by atoms with van der Waals surface area (Å²) in [6.07, 6.45) is 6.66. The maximum Gasteiger partial charge on any atom is 0.319 e. The standard InChI is InChI=1S/C13H17N5O/c1-9(2)11(12-15-6-7-16-12)18-13(19)17-10-4-3-5-14-8-10/h3-9,11H,1-2H3,(H,15,16)(H2,17,18,19)/t11-/m1/s1. The molecule has 3 N–H and O–H groups in total. The van der Waals surface area contributed by atoms with Crippen LogP contribution in [-0.4, -0.2) is 21.0 Å². The van der Waals surface area contributed by atoms with Crippen LogP contribution in [0.25, 0.3) is 0 Å². The molecule has 2 aromatic rings. The van der Waals surface area contributed by atoms with Gasteiger partial charge in [-0.15, -0.1) is 0 Å². The van der Waals surface area contributed by atoms with E-state index < -0.39 is 0 Å². The Morgan fingerprint density at radius 3 is 2.79 bits per heavy atom. The molecule has 0 spiro atoms. The van der Waals surface area contributed by atoms with Crippen molar-refractivity contribution in [2.24, 2.45) is 5.92 Å². The van der Waals surface area contributed by atoms with E-state index in [-0.39, 0.29) is 18.0 Å². The summed E-state index contributed by atoms with van der Waals surface area (Å²) in [6.45, 7) is 4.05. The molecule has 0 fully saturated rings. The Balaban J connectivity index is 2.00. The number of carbonyl (C=O) groups is 1. The van der Waals surface area contributed by atoms with Crippen LogP contribution in [0, 0.1) is 5.92 Å². The molecule has 0 bridgehead atoms. The molecule has 2 rings (SSSR count). The predicted molar refractivity (Wildman–Crippen MR) is 72.6 cm³/mol. The first-order chi connectivity index (χ1) is 9.16. The zero-order chi connectivity index (χ0) is 13.7. The van der Waals surface area contributed by atoms with Gasteiger partial charge in [-0.1, -0.05) is 13.8 Å². The summed E-state index contributed by atoms with van der Waals surface area (Å²) in [6, 6.07) is 3.11. The third kappa shape index (κ3) is 3.54. The van der Waals surface area contributed by atoms with Gasteiger partial charge in [-0.25, -0.2) is 9.78 Å². The van der Waals surface area contributed by atoms with Gasteiger partial charge in [-0.2, -0.15) is 0 Å². The normalized spacial score (nSPS) is 12.2. The minimum Gasteiger partial charge on any atom is -0.347 e.